The Morgan fingerprint density at radius 2 is 1.77 bits per heavy atom. The van der Waals surface area contributed by atoms with E-state index in [0.29, 0.717) is 5.65 Å². The molecule has 0 aliphatic carbocycles. The highest BCUT2D eigenvalue weighted by atomic mass is 16.5. The van der Waals surface area contributed by atoms with Crippen molar-refractivity contribution in [1.82, 2.24) is 19.5 Å². The molecule has 0 bridgehead atoms. The summed E-state index contributed by atoms with van der Waals surface area (Å²) in [5, 5.41) is 0. The van der Waals surface area contributed by atoms with E-state index >= 15 is 0 Å². The van der Waals surface area contributed by atoms with Crippen LogP contribution in [0.4, 0.5) is 0 Å². The Bertz CT molecular complexity index is 1100. The molecule has 0 spiro atoms. The minimum Gasteiger partial charge on any atom is -0.376 e. The molecule has 5 nitrogen and oxygen atoms in total. The summed E-state index contributed by atoms with van der Waals surface area (Å²) in [7, 11) is 0. The lowest BCUT2D eigenvalue weighted by Gasteiger charge is -2.14. The van der Waals surface area contributed by atoms with Crippen LogP contribution in [0.25, 0.3) is 33.7 Å². The molecule has 1 aliphatic rings. The minimum atomic E-state index is 0.212. The van der Waals surface area contributed by atoms with Gasteiger partial charge in [-0.3, -0.25) is 0 Å². The topological polar surface area (TPSA) is 52.8 Å². The zero-order valence-electron chi connectivity index (χ0n) is 14.7. The fraction of sp³-hybridized carbons (Fsp3) is 0.286. The number of aryl methyl sites for hydroxylation is 1. The molecule has 130 valence electrons. The van der Waals surface area contributed by atoms with E-state index in [1.807, 2.05) is 24.3 Å². The molecule has 5 rings (SSSR count). The summed E-state index contributed by atoms with van der Waals surface area (Å²) in [5.74, 6) is 0.920. The molecular weight excluding hydrogens is 324 g/mol. The smallest absolute Gasteiger partial charge is 0.198 e. The zero-order valence-corrected chi connectivity index (χ0v) is 14.7. The summed E-state index contributed by atoms with van der Waals surface area (Å²) < 4.78 is 8.07. The SMILES string of the molecule is Cc1ccccc1-c1nc2nc3ccccc3nc2n1C[C@@H]1CCCO1. The molecule has 4 aromatic rings. The van der Waals surface area contributed by atoms with Crippen molar-refractivity contribution >= 4 is 22.3 Å². The lowest BCUT2D eigenvalue weighted by atomic mass is 10.1. The van der Waals surface area contributed by atoms with Gasteiger partial charge in [-0.25, -0.2) is 15.0 Å². The van der Waals surface area contributed by atoms with Crippen LogP contribution in [-0.2, 0) is 11.3 Å². The summed E-state index contributed by atoms with van der Waals surface area (Å²) in [6.45, 7) is 3.71. The van der Waals surface area contributed by atoms with E-state index in [9.17, 15) is 0 Å². The van der Waals surface area contributed by atoms with Crippen LogP contribution in [0.2, 0.25) is 0 Å². The number of nitrogens with zero attached hydrogens (tertiary/aromatic N) is 4. The third-order valence-electron chi connectivity index (χ3n) is 5.05. The molecule has 1 atom stereocenters. The second-order valence-corrected chi connectivity index (χ2v) is 6.86. The molecule has 5 heteroatoms. The van der Waals surface area contributed by atoms with Crippen molar-refractivity contribution in [1.29, 1.82) is 0 Å². The average molecular weight is 344 g/mol. The molecule has 0 amide bonds. The molecule has 0 unspecified atom stereocenters. The van der Waals surface area contributed by atoms with Gasteiger partial charge in [0.15, 0.2) is 11.3 Å². The molecular formula is C21H20N4O. The van der Waals surface area contributed by atoms with Crippen LogP contribution < -0.4 is 0 Å². The van der Waals surface area contributed by atoms with Gasteiger partial charge in [0.2, 0.25) is 0 Å². The molecule has 26 heavy (non-hydrogen) atoms. The maximum absolute atomic E-state index is 5.89. The molecule has 0 radical (unpaired) electrons. The third-order valence-corrected chi connectivity index (χ3v) is 5.05. The molecule has 3 heterocycles. The molecule has 1 saturated heterocycles. The second kappa shape index (κ2) is 6.18. The van der Waals surface area contributed by atoms with Crippen LogP contribution in [0.3, 0.4) is 0 Å². The van der Waals surface area contributed by atoms with E-state index in [2.05, 4.69) is 35.8 Å². The zero-order chi connectivity index (χ0) is 17.5. The molecule has 2 aromatic heterocycles. The lowest BCUT2D eigenvalue weighted by molar-refractivity contribution is 0.0981. The van der Waals surface area contributed by atoms with Gasteiger partial charge in [-0.2, -0.15) is 0 Å². The Labute approximate surface area is 151 Å². The number of imidazole rings is 1. The first-order valence-electron chi connectivity index (χ1n) is 9.10. The predicted molar refractivity (Wildman–Crippen MR) is 102 cm³/mol. The highest BCUT2D eigenvalue weighted by molar-refractivity contribution is 5.85. The molecule has 2 aromatic carbocycles. The van der Waals surface area contributed by atoms with Crippen molar-refractivity contribution in [2.75, 3.05) is 6.61 Å². The van der Waals surface area contributed by atoms with E-state index in [1.165, 1.54) is 5.56 Å². The van der Waals surface area contributed by atoms with Gasteiger partial charge in [-0.1, -0.05) is 36.4 Å². The number of benzene rings is 2. The van der Waals surface area contributed by atoms with Crippen molar-refractivity contribution in [3.63, 3.8) is 0 Å². The number of hydrogen-bond acceptors (Lipinski definition) is 4. The largest absolute Gasteiger partial charge is 0.376 e. The second-order valence-electron chi connectivity index (χ2n) is 6.86. The summed E-state index contributed by atoms with van der Waals surface area (Å²) in [4.78, 5) is 14.5. The fourth-order valence-electron chi connectivity index (χ4n) is 3.69. The number of aromatic nitrogens is 4. The Morgan fingerprint density at radius 3 is 2.54 bits per heavy atom. The first-order valence-corrected chi connectivity index (χ1v) is 9.10. The van der Waals surface area contributed by atoms with Crippen molar-refractivity contribution in [2.45, 2.75) is 32.4 Å². The summed E-state index contributed by atoms with van der Waals surface area (Å²) in [6.07, 6.45) is 2.41. The summed E-state index contributed by atoms with van der Waals surface area (Å²) in [6, 6.07) is 16.3. The number of para-hydroxylation sites is 2. The van der Waals surface area contributed by atoms with Crippen LogP contribution in [0.15, 0.2) is 48.5 Å². The van der Waals surface area contributed by atoms with Crippen LogP contribution in [0, 0.1) is 6.92 Å². The normalized spacial score (nSPS) is 17.3. The van der Waals surface area contributed by atoms with Crippen LogP contribution in [-0.4, -0.2) is 32.2 Å². The van der Waals surface area contributed by atoms with Crippen LogP contribution >= 0.6 is 0 Å². The van der Waals surface area contributed by atoms with Crippen LogP contribution in [0.5, 0.6) is 0 Å². The number of ether oxygens (including phenoxy) is 1. The first kappa shape index (κ1) is 15.5. The Morgan fingerprint density at radius 1 is 1.00 bits per heavy atom. The Hall–Kier alpha value is -2.79. The van der Waals surface area contributed by atoms with Gasteiger partial charge in [0, 0.05) is 12.2 Å². The lowest BCUT2D eigenvalue weighted by Crippen LogP contribution is -2.16. The molecule has 1 fully saturated rings. The van der Waals surface area contributed by atoms with E-state index in [4.69, 9.17) is 19.7 Å². The Kier molecular flexibility index (Phi) is 3.68. The van der Waals surface area contributed by atoms with Gasteiger partial charge in [0.1, 0.15) is 5.82 Å². The van der Waals surface area contributed by atoms with Crippen molar-refractivity contribution in [2.24, 2.45) is 0 Å². The van der Waals surface area contributed by atoms with Gasteiger partial charge < -0.3 is 9.30 Å². The van der Waals surface area contributed by atoms with Gasteiger partial charge in [0.25, 0.3) is 0 Å². The van der Waals surface area contributed by atoms with E-state index in [1.54, 1.807) is 0 Å². The number of hydrogen-bond donors (Lipinski definition) is 0. The Balaban J connectivity index is 1.76. The number of rotatable bonds is 3. The third kappa shape index (κ3) is 2.56. The van der Waals surface area contributed by atoms with Gasteiger partial charge in [0.05, 0.1) is 23.7 Å². The molecule has 0 saturated carbocycles. The predicted octanol–water partition coefficient (Wildman–Crippen LogP) is 4.13. The van der Waals surface area contributed by atoms with Crippen molar-refractivity contribution in [3.8, 4) is 11.4 Å². The maximum atomic E-state index is 5.89. The van der Waals surface area contributed by atoms with Crippen molar-refractivity contribution < 1.29 is 4.74 Å². The highest BCUT2D eigenvalue weighted by Gasteiger charge is 2.22. The summed E-state index contributed by atoms with van der Waals surface area (Å²) in [5.41, 5.74) is 5.61. The average Bonchev–Trinajstić information content (AvgIpc) is 3.29. The maximum Gasteiger partial charge on any atom is 0.198 e. The van der Waals surface area contributed by atoms with Crippen LogP contribution in [0.1, 0.15) is 18.4 Å². The standard InChI is InChI=1S/C21H20N4O/c1-14-7-2-3-9-16(14)20-24-19-21(25(20)13-15-8-6-12-26-15)23-18-11-5-4-10-17(18)22-19/h2-5,7,9-11,15H,6,8,12-13H2,1H3/t15-/m0/s1. The number of fused-ring (bicyclic) bond motifs is 2. The van der Waals surface area contributed by atoms with E-state index < -0.39 is 0 Å². The molecule has 1 aliphatic heterocycles. The first-order chi connectivity index (χ1) is 12.8. The fourth-order valence-corrected chi connectivity index (χ4v) is 3.69. The highest BCUT2D eigenvalue weighted by Crippen LogP contribution is 2.28. The van der Waals surface area contributed by atoms with E-state index in [-0.39, 0.29) is 6.10 Å². The van der Waals surface area contributed by atoms with Gasteiger partial charge in [-0.05, 0) is 37.5 Å². The monoisotopic (exact) mass is 344 g/mol. The summed E-state index contributed by atoms with van der Waals surface area (Å²) >= 11 is 0. The quantitative estimate of drug-likeness (QED) is 0.561. The van der Waals surface area contributed by atoms with Gasteiger partial charge >= 0.3 is 0 Å². The minimum absolute atomic E-state index is 0.212. The van der Waals surface area contributed by atoms with E-state index in [0.717, 1.165) is 54.1 Å². The van der Waals surface area contributed by atoms with Crippen molar-refractivity contribution in [3.05, 3.63) is 54.1 Å². The van der Waals surface area contributed by atoms with Gasteiger partial charge in [-0.15, -0.1) is 0 Å². The molecule has 0 N–H and O–H groups in total.